The van der Waals surface area contributed by atoms with Crippen LogP contribution < -0.4 is 4.74 Å². The third kappa shape index (κ3) is 6.79. The minimum Gasteiger partial charge on any atom is -0.478 e. The highest BCUT2D eigenvalue weighted by molar-refractivity contribution is 5.79. The fourth-order valence-corrected chi connectivity index (χ4v) is 5.12. The lowest BCUT2D eigenvalue weighted by Gasteiger charge is -2.38. The number of halogens is 3. The summed E-state index contributed by atoms with van der Waals surface area (Å²) >= 11 is 0. The van der Waals surface area contributed by atoms with Crippen LogP contribution in [0.25, 0.3) is 0 Å². The van der Waals surface area contributed by atoms with Crippen molar-refractivity contribution in [3.8, 4) is 5.75 Å². The molecule has 1 aromatic carbocycles. The lowest BCUT2D eigenvalue weighted by Crippen LogP contribution is -2.25. The molecule has 0 atom stereocenters. The highest BCUT2D eigenvalue weighted by Gasteiger charge is 2.32. The van der Waals surface area contributed by atoms with Gasteiger partial charge in [0.15, 0.2) is 0 Å². The van der Waals surface area contributed by atoms with Crippen molar-refractivity contribution in [2.45, 2.75) is 70.1 Å². The average molecular weight is 410 g/mol. The second-order valence-corrected chi connectivity index (χ2v) is 8.49. The van der Waals surface area contributed by atoms with E-state index < -0.39 is 12.3 Å². The third-order valence-corrected chi connectivity index (χ3v) is 6.64. The van der Waals surface area contributed by atoms with E-state index in [0.717, 1.165) is 36.7 Å². The Labute approximate surface area is 170 Å². The van der Waals surface area contributed by atoms with Gasteiger partial charge < -0.3 is 9.84 Å². The van der Waals surface area contributed by atoms with E-state index >= 15 is 0 Å². The lowest BCUT2D eigenvalue weighted by atomic mass is 9.68. The molecular formula is C23H29F3O3. The summed E-state index contributed by atoms with van der Waals surface area (Å²) in [5, 5.41) is 8.68. The van der Waals surface area contributed by atoms with Crippen molar-refractivity contribution in [1.29, 1.82) is 0 Å². The standard InChI is InChI=1S/C23H29F3O3/c24-23(25,26)29-21-14-12-20(13-15-21)19-10-8-18(9-11-19)17-6-4-16(5-7-17)2-1-3-22(27)28/h1,3,12-19H,2,4-11H2,(H,27,28)/b3-1+/t16-,17-,18-,19-. The van der Waals surface area contributed by atoms with Crippen LogP contribution in [0.5, 0.6) is 5.75 Å². The van der Waals surface area contributed by atoms with Gasteiger partial charge in [-0.15, -0.1) is 13.2 Å². The number of carboxylic acid groups (broad SMARTS) is 1. The van der Waals surface area contributed by atoms with Gasteiger partial charge in [-0.1, -0.05) is 18.2 Å². The van der Waals surface area contributed by atoms with Gasteiger partial charge in [0.1, 0.15) is 5.75 Å². The second kappa shape index (κ2) is 9.68. The third-order valence-electron chi connectivity index (χ3n) is 6.64. The van der Waals surface area contributed by atoms with E-state index in [-0.39, 0.29) is 5.75 Å². The number of rotatable bonds is 6. The fraction of sp³-hybridized carbons (Fsp3) is 0.609. The molecule has 0 saturated heterocycles. The first-order chi connectivity index (χ1) is 13.8. The minimum absolute atomic E-state index is 0.162. The molecule has 0 radical (unpaired) electrons. The molecule has 3 rings (SSSR count). The molecule has 29 heavy (non-hydrogen) atoms. The molecule has 0 amide bonds. The molecule has 0 heterocycles. The van der Waals surface area contributed by atoms with Crippen molar-refractivity contribution in [2.24, 2.45) is 17.8 Å². The highest BCUT2D eigenvalue weighted by atomic mass is 19.4. The van der Waals surface area contributed by atoms with E-state index in [0.29, 0.717) is 11.8 Å². The number of carboxylic acids is 1. The molecule has 0 bridgehead atoms. The van der Waals surface area contributed by atoms with Crippen molar-refractivity contribution in [1.82, 2.24) is 0 Å². The quantitative estimate of drug-likeness (QED) is 0.531. The molecule has 6 heteroatoms. The van der Waals surface area contributed by atoms with E-state index in [2.05, 4.69) is 4.74 Å². The molecule has 3 nitrogen and oxygen atoms in total. The molecule has 0 aromatic heterocycles. The maximum absolute atomic E-state index is 12.3. The molecule has 0 unspecified atom stereocenters. The average Bonchev–Trinajstić information content (AvgIpc) is 2.68. The first-order valence-electron chi connectivity index (χ1n) is 10.6. The van der Waals surface area contributed by atoms with Crippen LogP contribution in [0.2, 0.25) is 0 Å². The first kappa shape index (κ1) is 21.7. The van der Waals surface area contributed by atoms with Gasteiger partial charge >= 0.3 is 12.3 Å². The van der Waals surface area contributed by atoms with Gasteiger partial charge in [0.2, 0.25) is 0 Å². The van der Waals surface area contributed by atoms with Gasteiger partial charge in [0.25, 0.3) is 0 Å². The van der Waals surface area contributed by atoms with Crippen molar-refractivity contribution in [2.75, 3.05) is 0 Å². The predicted octanol–water partition coefficient (Wildman–Crippen LogP) is 6.70. The SMILES string of the molecule is O=C(O)/C=C/C[C@H]1CC[C@H]([C@H]2CC[C@H](c3ccc(OC(F)(F)F)cc3)CC2)CC1. The Morgan fingerprint density at radius 1 is 0.966 bits per heavy atom. The Bertz CT molecular complexity index is 680. The van der Waals surface area contributed by atoms with Crippen LogP contribution >= 0.6 is 0 Å². The van der Waals surface area contributed by atoms with Gasteiger partial charge in [-0.2, -0.15) is 0 Å². The van der Waals surface area contributed by atoms with Crippen LogP contribution in [0.4, 0.5) is 13.2 Å². The molecule has 2 aliphatic rings. The van der Waals surface area contributed by atoms with Gasteiger partial charge in [-0.25, -0.2) is 4.79 Å². The summed E-state index contributed by atoms with van der Waals surface area (Å²) in [6.07, 6.45) is 8.58. The molecule has 0 aliphatic heterocycles. The number of benzene rings is 1. The Morgan fingerprint density at radius 2 is 1.52 bits per heavy atom. The zero-order chi connectivity index (χ0) is 20.9. The van der Waals surface area contributed by atoms with Crippen LogP contribution in [0, 0.1) is 17.8 Å². The fourth-order valence-electron chi connectivity index (χ4n) is 5.12. The van der Waals surface area contributed by atoms with Crippen molar-refractivity contribution < 1.29 is 27.8 Å². The number of hydrogen-bond acceptors (Lipinski definition) is 2. The summed E-state index contributed by atoms with van der Waals surface area (Å²) in [6.45, 7) is 0. The van der Waals surface area contributed by atoms with Crippen LogP contribution in [-0.2, 0) is 4.79 Å². The summed E-state index contributed by atoms with van der Waals surface area (Å²) in [7, 11) is 0. The number of hydrogen-bond donors (Lipinski definition) is 1. The van der Waals surface area contributed by atoms with E-state index in [4.69, 9.17) is 5.11 Å². The molecule has 1 N–H and O–H groups in total. The van der Waals surface area contributed by atoms with Crippen molar-refractivity contribution in [3.63, 3.8) is 0 Å². The zero-order valence-corrected chi connectivity index (χ0v) is 16.5. The predicted molar refractivity (Wildman–Crippen MR) is 105 cm³/mol. The zero-order valence-electron chi connectivity index (χ0n) is 16.5. The summed E-state index contributed by atoms with van der Waals surface area (Å²) in [5.41, 5.74) is 1.10. The Morgan fingerprint density at radius 3 is 2.03 bits per heavy atom. The van der Waals surface area contributed by atoms with Crippen molar-refractivity contribution >= 4 is 5.97 Å². The van der Waals surface area contributed by atoms with E-state index in [9.17, 15) is 18.0 Å². The first-order valence-corrected chi connectivity index (χ1v) is 10.6. The Balaban J connectivity index is 1.42. The molecule has 2 aliphatic carbocycles. The maximum atomic E-state index is 12.3. The maximum Gasteiger partial charge on any atom is 0.573 e. The highest BCUT2D eigenvalue weighted by Crippen LogP contribution is 2.44. The molecule has 0 spiro atoms. The Kier molecular flexibility index (Phi) is 7.25. The van der Waals surface area contributed by atoms with Crippen LogP contribution in [0.1, 0.15) is 69.3 Å². The topological polar surface area (TPSA) is 46.5 Å². The second-order valence-electron chi connectivity index (χ2n) is 8.49. The molecule has 2 fully saturated rings. The minimum atomic E-state index is -4.65. The van der Waals surface area contributed by atoms with Crippen LogP contribution in [-0.4, -0.2) is 17.4 Å². The van der Waals surface area contributed by atoms with Gasteiger partial charge in [-0.05, 0) is 99.2 Å². The number of aliphatic carboxylic acids is 1. The van der Waals surface area contributed by atoms with Gasteiger partial charge in [0.05, 0.1) is 0 Å². The van der Waals surface area contributed by atoms with E-state index in [1.54, 1.807) is 18.2 Å². The van der Waals surface area contributed by atoms with Gasteiger partial charge in [-0.3, -0.25) is 0 Å². The number of ether oxygens (including phenoxy) is 1. The number of allylic oxidation sites excluding steroid dienone is 1. The molecular weight excluding hydrogens is 381 g/mol. The molecule has 160 valence electrons. The molecule has 1 aromatic rings. The smallest absolute Gasteiger partial charge is 0.478 e. The van der Waals surface area contributed by atoms with E-state index in [1.165, 1.54) is 56.7 Å². The summed E-state index contributed by atoms with van der Waals surface area (Å²) in [4.78, 5) is 10.6. The molecule has 2 saturated carbocycles. The van der Waals surface area contributed by atoms with Crippen molar-refractivity contribution in [3.05, 3.63) is 42.0 Å². The number of carbonyl (C=O) groups is 1. The van der Waals surface area contributed by atoms with E-state index in [1.807, 2.05) is 0 Å². The van der Waals surface area contributed by atoms with Crippen LogP contribution in [0.15, 0.2) is 36.4 Å². The lowest BCUT2D eigenvalue weighted by molar-refractivity contribution is -0.274. The van der Waals surface area contributed by atoms with Crippen LogP contribution in [0.3, 0.4) is 0 Å². The number of alkyl halides is 3. The summed E-state index contributed by atoms with van der Waals surface area (Å²) in [5.74, 6) is 1.50. The summed E-state index contributed by atoms with van der Waals surface area (Å²) in [6, 6.07) is 6.35. The van der Waals surface area contributed by atoms with Gasteiger partial charge in [0, 0.05) is 6.08 Å². The summed E-state index contributed by atoms with van der Waals surface area (Å²) < 4.78 is 40.8. The largest absolute Gasteiger partial charge is 0.573 e. The Hall–Kier alpha value is -1.98. The monoisotopic (exact) mass is 410 g/mol. The normalized spacial score (nSPS) is 28.4.